The average molecular weight is 286 g/mol. The van der Waals surface area contributed by atoms with Gasteiger partial charge in [-0.25, -0.2) is 9.36 Å². The van der Waals surface area contributed by atoms with Crippen molar-refractivity contribution < 1.29 is 41.9 Å². The maximum atomic E-state index is 12.3. The molecule has 0 bridgehead atoms. The second-order valence-electron chi connectivity index (χ2n) is 3.10. The van der Waals surface area contributed by atoms with Crippen molar-refractivity contribution in [1.29, 1.82) is 0 Å². The number of phosphoric acid groups is 1. The Hall–Kier alpha value is -1.57. The lowest BCUT2D eigenvalue weighted by Crippen LogP contribution is -2.08. The number of rotatable bonds is 3. The number of alkyl halides is 3. The highest BCUT2D eigenvalue weighted by Crippen LogP contribution is 2.41. The fourth-order valence-corrected chi connectivity index (χ4v) is 1.49. The van der Waals surface area contributed by atoms with E-state index in [1.165, 1.54) is 0 Å². The van der Waals surface area contributed by atoms with Gasteiger partial charge in [-0.2, -0.15) is 13.2 Å². The molecule has 3 N–H and O–H groups in total. The molecular weight excluding hydrogens is 280 g/mol. The molecule has 0 aliphatic heterocycles. The Morgan fingerprint density at radius 2 is 1.83 bits per heavy atom. The normalized spacial score (nSPS) is 12.3. The van der Waals surface area contributed by atoms with Gasteiger partial charge in [0.15, 0.2) is 0 Å². The molecule has 0 unspecified atom stereocenters. The number of hydrogen-bond acceptors (Lipinski definition) is 3. The van der Waals surface area contributed by atoms with Gasteiger partial charge in [0.2, 0.25) is 0 Å². The number of phosphoric ester groups is 1. The number of carbonyl (C=O) groups is 1. The van der Waals surface area contributed by atoms with Gasteiger partial charge < -0.3 is 9.63 Å². The van der Waals surface area contributed by atoms with Crippen molar-refractivity contribution in [2.45, 2.75) is 6.18 Å². The number of aromatic carboxylic acids is 1. The molecule has 18 heavy (non-hydrogen) atoms. The third kappa shape index (κ3) is 3.73. The second-order valence-corrected chi connectivity index (χ2v) is 4.26. The predicted molar refractivity (Wildman–Crippen MR) is 51.1 cm³/mol. The van der Waals surface area contributed by atoms with Crippen LogP contribution in [-0.4, -0.2) is 20.9 Å². The summed E-state index contributed by atoms with van der Waals surface area (Å²) < 4.78 is 51.5. The van der Waals surface area contributed by atoms with Crippen LogP contribution in [0.5, 0.6) is 5.75 Å². The summed E-state index contributed by atoms with van der Waals surface area (Å²) in [5.74, 6) is -2.72. The molecule has 0 fully saturated rings. The quantitative estimate of drug-likeness (QED) is 0.733. The molecule has 100 valence electrons. The Kier molecular flexibility index (Phi) is 3.70. The van der Waals surface area contributed by atoms with Gasteiger partial charge in [-0.3, -0.25) is 9.79 Å². The molecule has 10 heteroatoms. The summed E-state index contributed by atoms with van der Waals surface area (Å²) in [5.41, 5.74) is -2.07. The first-order valence-electron chi connectivity index (χ1n) is 4.20. The Morgan fingerprint density at radius 1 is 1.28 bits per heavy atom. The number of carboxylic acids is 1. The zero-order valence-corrected chi connectivity index (χ0v) is 9.27. The summed E-state index contributed by atoms with van der Waals surface area (Å²) in [6, 6.07) is 1.23. The Labute approximate surface area is 97.9 Å². The first kappa shape index (κ1) is 14.5. The minimum absolute atomic E-state index is 0.211. The fraction of sp³-hybridized carbons (Fsp3) is 0.125. The lowest BCUT2D eigenvalue weighted by molar-refractivity contribution is -0.137. The fourth-order valence-electron chi connectivity index (χ4n) is 1.08. The van der Waals surface area contributed by atoms with E-state index in [1.54, 1.807) is 0 Å². The van der Waals surface area contributed by atoms with E-state index >= 15 is 0 Å². The molecule has 6 nitrogen and oxygen atoms in total. The molecule has 0 radical (unpaired) electrons. The van der Waals surface area contributed by atoms with E-state index in [-0.39, 0.29) is 6.07 Å². The number of benzene rings is 1. The SMILES string of the molecule is O=C(O)c1ccc(C(F)(F)F)cc1OP(=O)(O)O. The summed E-state index contributed by atoms with van der Waals surface area (Å²) >= 11 is 0. The van der Waals surface area contributed by atoms with Crippen molar-refractivity contribution in [2.24, 2.45) is 0 Å². The van der Waals surface area contributed by atoms with Gasteiger partial charge in [-0.1, -0.05) is 0 Å². The molecule has 0 spiro atoms. The van der Waals surface area contributed by atoms with Gasteiger partial charge in [0.1, 0.15) is 11.3 Å². The molecule has 0 aliphatic rings. The zero-order valence-electron chi connectivity index (χ0n) is 8.38. The molecular formula is C8H6F3O6P. The van der Waals surface area contributed by atoms with Crippen LogP contribution in [0, 0.1) is 0 Å². The van der Waals surface area contributed by atoms with E-state index in [1.807, 2.05) is 0 Å². The summed E-state index contributed by atoms with van der Waals surface area (Å²) in [6.45, 7) is 0. The number of carboxylic acid groups (broad SMARTS) is 1. The van der Waals surface area contributed by atoms with Crippen LogP contribution in [-0.2, 0) is 10.7 Å². The molecule has 0 aromatic heterocycles. The number of hydrogen-bond donors (Lipinski definition) is 3. The highest BCUT2D eigenvalue weighted by Gasteiger charge is 2.33. The molecule has 0 heterocycles. The highest BCUT2D eigenvalue weighted by atomic mass is 31.2. The smallest absolute Gasteiger partial charge is 0.478 e. The molecule has 1 aromatic carbocycles. The van der Waals surface area contributed by atoms with E-state index in [0.717, 1.165) is 0 Å². The molecule has 0 amide bonds. The van der Waals surface area contributed by atoms with Gasteiger partial charge in [0.05, 0.1) is 5.56 Å². The van der Waals surface area contributed by atoms with Gasteiger partial charge in [0, 0.05) is 0 Å². The molecule has 0 saturated heterocycles. The van der Waals surface area contributed by atoms with Crippen LogP contribution < -0.4 is 4.52 Å². The Balaban J connectivity index is 3.33. The Morgan fingerprint density at radius 3 is 2.22 bits per heavy atom. The largest absolute Gasteiger partial charge is 0.524 e. The van der Waals surface area contributed by atoms with Crippen LogP contribution in [0.3, 0.4) is 0 Å². The minimum Gasteiger partial charge on any atom is -0.478 e. The lowest BCUT2D eigenvalue weighted by Gasteiger charge is -2.12. The summed E-state index contributed by atoms with van der Waals surface area (Å²) in [6.07, 6.45) is -4.79. The van der Waals surface area contributed by atoms with E-state index in [9.17, 15) is 22.5 Å². The number of halogens is 3. The van der Waals surface area contributed by atoms with Crippen LogP contribution in [0.1, 0.15) is 15.9 Å². The van der Waals surface area contributed by atoms with E-state index < -0.39 is 36.8 Å². The molecule has 1 aromatic rings. The maximum Gasteiger partial charge on any atom is 0.524 e. The van der Waals surface area contributed by atoms with Crippen LogP contribution >= 0.6 is 7.82 Å². The third-order valence-corrected chi connectivity index (χ3v) is 2.19. The average Bonchev–Trinajstić information content (AvgIpc) is 2.12. The van der Waals surface area contributed by atoms with Gasteiger partial charge in [0.25, 0.3) is 0 Å². The van der Waals surface area contributed by atoms with Gasteiger partial charge in [-0.15, -0.1) is 0 Å². The van der Waals surface area contributed by atoms with Crippen molar-refractivity contribution in [2.75, 3.05) is 0 Å². The van der Waals surface area contributed by atoms with Crippen LogP contribution in [0.25, 0.3) is 0 Å². The second kappa shape index (κ2) is 4.60. The highest BCUT2D eigenvalue weighted by molar-refractivity contribution is 7.46. The van der Waals surface area contributed by atoms with E-state index in [4.69, 9.17) is 14.9 Å². The van der Waals surface area contributed by atoms with Crippen molar-refractivity contribution in [3.8, 4) is 5.75 Å². The first-order valence-corrected chi connectivity index (χ1v) is 5.73. The summed E-state index contributed by atoms with van der Waals surface area (Å²) in [5, 5.41) is 8.64. The molecule has 0 atom stereocenters. The monoisotopic (exact) mass is 286 g/mol. The van der Waals surface area contributed by atoms with E-state index in [2.05, 4.69) is 4.52 Å². The topological polar surface area (TPSA) is 104 Å². The predicted octanol–water partition coefficient (Wildman–Crippen LogP) is 1.88. The Bertz CT molecular complexity index is 520. The van der Waals surface area contributed by atoms with Crippen LogP contribution in [0.2, 0.25) is 0 Å². The van der Waals surface area contributed by atoms with Crippen molar-refractivity contribution >= 4 is 13.8 Å². The van der Waals surface area contributed by atoms with Crippen molar-refractivity contribution in [3.05, 3.63) is 29.3 Å². The van der Waals surface area contributed by atoms with Gasteiger partial charge in [-0.05, 0) is 18.2 Å². The zero-order chi connectivity index (χ0) is 14.1. The molecule has 0 aliphatic carbocycles. The maximum absolute atomic E-state index is 12.3. The van der Waals surface area contributed by atoms with E-state index in [0.29, 0.717) is 12.1 Å². The summed E-state index contributed by atoms with van der Waals surface area (Å²) in [4.78, 5) is 27.6. The first-order chi connectivity index (χ1) is 8.00. The van der Waals surface area contributed by atoms with Crippen LogP contribution in [0.15, 0.2) is 18.2 Å². The standard InChI is InChI=1S/C8H6F3O6P/c9-8(10,11)4-1-2-5(7(12)13)6(3-4)17-18(14,15)16/h1-3H,(H,12,13)(H2,14,15,16). The van der Waals surface area contributed by atoms with Crippen LogP contribution in [0.4, 0.5) is 13.2 Å². The van der Waals surface area contributed by atoms with Gasteiger partial charge >= 0.3 is 20.0 Å². The van der Waals surface area contributed by atoms with Crippen molar-refractivity contribution in [3.63, 3.8) is 0 Å². The summed E-state index contributed by atoms with van der Waals surface area (Å²) in [7, 11) is -5.16. The minimum atomic E-state index is -5.16. The lowest BCUT2D eigenvalue weighted by atomic mass is 10.1. The molecule has 1 rings (SSSR count). The molecule has 0 saturated carbocycles. The van der Waals surface area contributed by atoms with Crippen molar-refractivity contribution in [1.82, 2.24) is 0 Å². The third-order valence-electron chi connectivity index (χ3n) is 1.76.